The molecule has 0 saturated carbocycles. The number of likely N-dealkylation sites (N-methyl/N-ethyl adjacent to an activating group) is 1. The predicted octanol–water partition coefficient (Wildman–Crippen LogP) is 3.24. The van der Waals surface area contributed by atoms with Gasteiger partial charge in [-0.25, -0.2) is 4.98 Å². The standard InChI is InChI=1S/C21H25N3O2/c1-24(2)14-16(25)13-22-21-12-20(15-8-10-17(26-3)11-9-15)23-19-7-5-4-6-18(19)21/h4-12,16,25H,13-14H2,1-3H3,(H,22,23). The molecule has 0 spiro atoms. The van der Waals surface area contributed by atoms with E-state index in [1.807, 2.05) is 73.6 Å². The van der Waals surface area contributed by atoms with E-state index in [1.54, 1.807) is 7.11 Å². The number of hydrogen-bond donors (Lipinski definition) is 2. The molecule has 2 aromatic carbocycles. The Balaban J connectivity index is 1.93. The van der Waals surface area contributed by atoms with Gasteiger partial charge in [0.05, 0.1) is 24.4 Å². The van der Waals surface area contributed by atoms with Gasteiger partial charge in [-0.15, -0.1) is 0 Å². The van der Waals surface area contributed by atoms with Crippen LogP contribution in [-0.2, 0) is 0 Å². The van der Waals surface area contributed by atoms with Crippen molar-refractivity contribution in [2.24, 2.45) is 0 Å². The van der Waals surface area contributed by atoms with Gasteiger partial charge in [-0.05, 0) is 50.5 Å². The van der Waals surface area contributed by atoms with Gasteiger partial charge in [0.15, 0.2) is 0 Å². The lowest BCUT2D eigenvalue weighted by molar-refractivity contribution is 0.148. The fourth-order valence-corrected chi connectivity index (χ4v) is 2.95. The van der Waals surface area contributed by atoms with E-state index >= 15 is 0 Å². The Morgan fingerprint density at radius 1 is 1.12 bits per heavy atom. The molecule has 1 aromatic heterocycles. The van der Waals surface area contributed by atoms with Crippen molar-refractivity contribution in [2.75, 3.05) is 39.6 Å². The van der Waals surface area contributed by atoms with Crippen molar-refractivity contribution in [1.29, 1.82) is 0 Å². The first kappa shape index (κ1) is 18.2. The van der Waals surface area contributed by atoms with Crippen LogP contribution in [0, 0.1) is 0 Å². The van der Waals surface area contributed by atoms with Crippen LogP contribution >= 0.6 is 0 Å². The maximum absolute atomic E-state index is 10.2. The molecule has 0 saturated heterocycles. The minimum atomic E-state index is -0.443. The monoisotopic (exact) mass is 351 g/mol. The van der Waals surface area contributed by atoms with Gasteiger partial charge < -0.3 is 20.1 Å². The Morgan fingerprint density at radius 3 is 2.54 bits per heavy atom. The van der Waals surface area contributed by atoms with Crippen molar-refractivity contribution in [2.45, 2.75) is 6.10 Å². The van der Waals surface area contributed by atoms with Gasteiger partial charge in [0.1, 0.15) is 5.75 Å². The van der Waals surface area contributed by atoms with Gasteiger partial charge in [0.2, 0.25) is 0 Å². The zero-order valence-electron chi connectivity index (χ0n) is 15.4. The number of rotatable bonds is 7. The third kappa shape index (κ3) is 4.31. The third-order valence-corrected chi connectivity index (χ3v) is 4.21. The summed E-state index contributed by atoms with van der Waals surface area (Å²) in [7, 11) is 5.56. The average Bonchev–Trinajstić information content (AvgIpc) is 2.65. The van der Waals surface area contributed by atoms with E-state index in [-0.39, 0.29) is 0 Å². The SMILES string of the molecule is COc1ccc(-c2cc(NCC(O)CN(C)C)c3ccccc3n2)cc1. The molecule has 136 valence electrons. The molecule has 3 aromatic rings. The van der Waals surface area contributed by atoms with Crippen LogP contribution in [0.15, 0.2) is 54.6 Å². The second kappa shape index (κ2) is 8.17. The number of hydrogen-bond acceptors (Lipinski definition) is 5. The average molecular weight is 351 g/mol. The summed E-state index contributed by atoms with van der Waals surface area (Å²) < 4.78 is 5.23. The van der Waals surface area contributed by atoms with Crippen LogP contribution in [0.5, 0.6) is 5.75 Å². The largest absolute Gasteiger partial charge is 0.497 e. The van der Waals surface area contributed by atoms with Crippen LogP contribution in [0.3, 0.4) is 0 Å². The number of benzene rings is 2. The molecule has 0 aliphatic heterocycles. The first-order valence-electron chi connectivity index (χ1n) is 8.67. The van der Waals surface area contributed by atoms with E-state index in [9.17, 15) is 5.11 Å². The van der Waals surface area contributed by atoms with Crippen molar-refractivity contribution in [1.82, 2.24) is 9.88 Å². The number of para-hydroxylation sites is 1. The molecule has 1 heterocycles. The van der Waals surface area contributed by atoms with Crippen LogP contribution in [0.2, 0.25) is 0 Å². The lowest BCUT2D eigenvalue weighted by Gasteiger charge is -2.18. The Kier molecular flexibility index (Phi) is 5.71. The van der Waals surface area contributed by atoms with E-state index in [1.165, 1.54) is 0 Å². The molecular weight excluding hydrogens is 326 g/mol. The number of nitrogens with one attached hydrogen (secondary N) is 1. The highest BCUT2D eigenvalue weighted by Crippen LogP contribution is 2.29. The summed E-state index contributed by atoms with van der Waals surface area (Å²) in [4.78, 5) is 6.76. The Bertz CT molecular complexity index is 863. The molecule has 2 N–H and O–H groups in total. The number of aliphatic hydroxyl groups excluding tert-OH is 1. The van der Waals surface area contributed by atoms with Crippen LogP contribution < -0.4 is 10.1 Å². The maximum Gasteiger partial charge on any atom is 0.118 e. The maximum atomic E-state index is 10.2. The van der Waals surface area contributed by atoms with E-state index in [0.29, 0.717) is 13.1 Å². The predicted molar refractivity (Wildman–Crippen MR) is 107 cm³/mol. The Labute approximate surface area is 154 Å². The fraction of sp³-hybridized carbons (Fsp3) is 0.286. The van der Waals surface area contributed by atoms with Gasteiger partial charge >= 0.3 is 0 Å². The zero-order valence-corrected chi connectivity index (χ0v) is 15.4. The number of anilines is 1. The van der Waals surface area contributed by atoms with E-state index in [4.69, 9.17) is 9.72 Å². The summed E-state index contributed by atoms with van der Waals surface area (Å²) in [5.74, 6) is 0.819. The molecule has 0 fully saturated rings. The van der Waals surface area contributed by atoms with Crippen LogP contribution in [-0.4, -0.2) is 55.4 Å². The number of methoxy groups -OCH3 is 1. The molecule has 0 aliphatic carbocycles. The van der Waals surface area contributed by atoms with Crippen molar-refractivity contribution >= 4 is 16.6 Å². The molecule has 0 bridgehead atoms. The molecular formula is C21H25N3O2. The topological polar surface area (TPSA) is 57.6 Å². The van der Waals surface area contributed by atoms with Gasteiger partial charge in [-0.3, -0.25) is 0 Å². The first-order valence-corrected chi connectivity index (χ1v) is 8.67. The number of aliphatic hydroxyl groups is 1. The van der Waals surface area contributed by atoms with E-state index < -0.39 is 6.10 Å². The summed E-state index contributed by atoms with van der Waals surface area (Å²) in [6.07, 6.45) is -0.443. The minimum absolute atomic E-state index is 0.443. The summed E-state index contributed by atoms with van der Waals surface area (Å²) in [5.41, 5.74) is 3.80. The quantitative estimate of drug-likeness (QED) is 0.684. The summed E-state index contributed by atoms with van der Waals surface area (Å²) in [6, 6.07) is 17.9. The lowest BCUT2D eigenvalue weighted by atomic mass is 10.1. The van der Waals surface area contributed by atoms with Crippen LogP contribution in [0.1, 0.15) is 0 Å². The van der Waals surface area contributed by atoms with Gasteiger partial charge in [-0.1, -0.05) is 18.2 Å². The molecule has 0 amide bonds. The Hall–Kier alpha value is -2.63. The van der Waals surface area contributed by atoms with Gasteiger partial charge in [-0.2, -0.15) is 0 Å². The normalized spacial score (nSPS) is 12.3. The first-order chi connectivity index (χ1) is 12.6. The van der Waals surface area contributed by atoms with Crippen LogP contribution in [0.4, 0.5) is 5.69 Å². The molecule has 26 heavy (non-hydrogen) atoms. The number of pyridine rings is 1. The highest BCUT2D eigenvalue weighted by molar-refractivity contribution is 5.93. The molecule has 3 rings (SSSR count). The molecule has 1 unspecified atom stereocenters. The second-order valence-electron chi connectivity index (χ2n) is 6.60. The summed E-state index contributed by atoms with van der Waals surface area (Å²) in [5, 5.41) is 14.6. The lowest BCUT2D eigenvalue weighted by Crippen LogP contribution is -2.31. The van der Waals surface area contributed by atoms with Crippen molar-refractivity contribution in [3.63, 3.8) is 0 Å². The summed E-state index contributed by atoms with van der Waals surface area (Å²) in [6.45, 7) is 1.09. The molecule has 0 radical (unpaired) electrons. The highest BCUT2D eigenvalue weighted by Gasteiger charge is 2.10. The molecule has 5 heteroatoms. The smallest absolute Gasteiger partial charge is 0.118 e. The number of nitrogens with zero attached hydrogens (tertiary/aromatic N) is 2. The number of aromatic nitrogens is 1. The van der Waals surface area contributed by atoms with Crippen molar-refractivity contribution in [3.8, 4) is 17.0 Å². The third-order valence-electron chi connectivity index (χ3n) is 4.21. The molecule has 0 aliphatic rings. The van der Waals surface area contributed by atoms with Crippen LogP contribution in [0.25, 0.3) is 22.2 Å². The molecule has 5 nitrogen and oxygen atoms in total. The Morgan fingerprint density at radius 2 is 1.85 bits per heavy atom. The van der Waals surface area contributed by atoms with E-state index in [0.717, 1.165) is 33.6 Å². The van der Waals surface area contributed by atoms with Gasteiger partial charge in [0.25, 0.3) is 0 Å². The molecule has 1 atom stereocenters. The minimum Gasteiger partial charge on any atom is -0.497 e. The van der Waals surface area contributed by atoms with Gasteiger partial charge in [0, 0.05) is 29.7 Å². The summed E-state index contributed by atoms with van der Waals surface area (Å²) >= 11 is 0. The number of fused-ring (bicyclic) bond motifs is 1. The second-order valence-corrected chi connectivity index (χ2v) is 6.60. The van der Waals surface area contributed by atoms with Crippen molar-refractivity contribution < 1.29 is 9.84 Å². The fourth-order valence-electron chi connectivity index (χ4n) is 2.95. The number of ether oxygens (including phenoxy) is 1. The van der Waals surface area contributed by atoms with E-state index in [2.05, 4.69) is 5.32 Å². The van der Waals surface area contributed by atoms with Crippen molar-refractivity contribution in [3.05, 3.63) is 54.6 Å². The highest BCUT2D eigenvalue weighted by atomic mass is 16.5. The zero-order chi connectivity index (χ0) is 18.5.